The first-order valence-electron chi connectivity index (χ1n) is 10.8. The Balaban J connectivity index is 1.85. The van der Waals surface area contributed by atoms with Gasteiger partial charge in [0.25, 0.3) is 0 Å². The molecule has 0 aliphatic carbocycles. The Morgan fingerprint density at radius 3 is 1.69 bits per heavy atom. The van der Waals surface area contributed by atoms with Crippen LogP contribution in [0.3, 0.4) is 0 Å². The van der Waals surface area contributed by atoms with Crippen LogP contribution in [0.5, 0.6) is 11.5 Å². The third kappa shape index (κ3) is 6.71. The smallest absolute Gasteiger partial charge is 0.416 e. The minimum absolute atomic E-state index is 0.111. The topological polar surface area (TPSA) is 38.8 Å². The molecule has 3 aromatic rings. The second-order valence-corrected chi connectivity index (χ2v) is 7.90. The lowest BCUT2D eigenvalue weighted by Gasteiger charge is -2.24. The molecule has 1 amide bonds. The summed E-state index contributed by atoms with van der Waals surface area (Å²) < 4.78 is 87.7. The third-order valence-electron chi connectivity index (χ3n) is 5.52. The van der Waals surface area contributed by atoms with E-state index >= 15 is 0 Å². The van der Waals surface area contributed by atoms with Gasteiger partial charge in [-0.15, -0.1) is 0 Å². The number of hydrogen-bond donors (Lipinski definition) is 0. The van der Waals surface area contributed by atoms with Crippen molar-refractivity contribution in [2.45, 2.75) is 25.2 Å². The van der Waals surface area contributed by atoms with Crippen molar-refractivity contribution in [2.24, 2.45) is 0 Å². The van der Waals surface area contributed by atoms with Gasteiger partial charge in [-0.05, 0) is 53.9 Å². The van der Waals surface area contributed by atoms with Gasteiger partial charge in [0.1, 0.15) is 0 Å². The number of rotatable bonds is 8. The van der Waals surface area contributed by atoms with Gasteiger partial charge >= 0.3 is 12.4 Å². The summed E-state index contributed by atoms with van der Waals surface area (Å²) in [6.07, 6.45) is -8.89. The Kier molecular flexibility index (Phi) is 8.17. The second-order valence-electron chi connectivity index (χ2n) is 7.90. The van der Waals surface area contributed by atoms with Crippen LogP contribution in [0.1, 0.15) is 22.3 Å². The summed E-state index contributed by atoms with van der Waals surface area (Å²) in [4.78, 5) is 14.7. The van der Waals surface area contributed by atoms with Crippen molar-refractivity contribution >= 4 is 11.6 Å². The molecule has 0 aliphatic rings. The van der Waals surface area contributed by atoms with Crippen LogP contribution in [-0.2, 0) is 30.0 Å². The van der Waals surface area contributed by atoms with Gasteiger partial charge in [0, 0.05) is 18.3 Å². The van der Waals surface area contributed by atoms with Crippen molar-refractivity contribution in [2.75, 3.05) is 25.7 Å². The Morgan fingerprint density at radius 1 is 0.722 bits per heavy atom. The minimum atomic E-state index is -4.49. The van der Waals surface area contributed by atoms with Crippen molar-refractivity contribution in [3.63, 3.8) is 0 Å². The van der Waals surface area contributed by atoms with Crippen LogP contribution in [0.4, 0.5) is 32.0 Å². The van der Waals surface area contributed by atoms with E-state index in [-0.39, 0.29) is 19.4 Å². The quantitative estimate of drug-likeness (QED) is 0.322. The highest BCUT2D eigenvalue weighted by Crippen LogP contribution is 2.33. The van der Waals surface area contributed by atoms with Crippen molar-refractivity contribution in [1.82, 2.24) is 0 Å². The number of alkyl halides is 6. The lowest BCUT2D eigenvalue weighted by molar-refractivity contribution is -0.138. The molecule has 0 saturated heterocycles. The molecule has 0 spiro atoms. The molecule has 0 N–H and O–H groups in total. The summed E-state index contributed by atoms with van der Waals surface area (Å²) in [5, 5.41) is 0. The molecule has 36 heavy (non-hydrogen) atoms. The number of amides is 1. The fourth-order valence-corrected chi connectivity index (χ4v) is 3.57. The summed E-state index contributed by atoms with van der Waals surface area (Å²) in [5.74, 6) is 0.380. The Bertz CT molecular complexity index is 1170. The molecule has 10 heteroatoms. The van der Waals surface area contributed by atoms with Crippen LogP contribution in [0.2, 0.25) is 0 Å². The molecule has 0 atom stereocenters. The highest BCUT2D eigenvalue weighted by Gasteiger charge is 2.31. The predicted octanol–water partition coefficient (Wildman–Crippen LogP) is 6.56. The molecule has 192 valence electrons. The van der Waals surface area contributed by atoms with Gasteiger partial charge < -0.3 is 14.4 Å². The van der Waals surface area contributed by atoms with Gasteiger partial charge in [0.15, 0.2) is 11.5 Å². The van der Waals surface area contributed by atoms with E-state index in [4.69, 9.17) is 9.47 Å². The number of benzene rings is 3. The highest BCUT2D eigenvalue weighted by molar-refractivity contribution is 5.95. The molecular formula is C26H23F6NO3. The summed E-state index contributed by atoms with van der Waals surface area (Å²) in [5.41, 5.74) is -0.195. The zero-order valence-corrected chi connectivity index (χ0v) is 19.4. The van der Waals surface area contributed by atoms with Gasteiger partial charge in [-0.1, -0.05) is 24.3 Å². The van der Waals surface area contributed by atoms with Crippen LogP contribution in [-0.4, -0.2) is 26.7 Å². The number of ether oxygens (including phenoxy) is 2. The van der Waals surface area contributed by atoms with Gasteiger partial charge in [-0.3, -0.25) is 4.79 Å². The number of carbonyl (C=O) groups excluding carboxylic acids is 1. The standard InChI is InChI=1S/C26H23F6NO3/c1-35-22-12-11-21(16-23(22)36-2)33(14-13-17-3-7-19(8-4-17)25(27,28)29)24(34)15-18-5-9-20(10-6-18)26(30,31)32/h3-12,16H,13-15H2,1-2H3. The first-order valence-corrected chi connectivity index (χ1v) is 10.8. The predicted molar refractivity (Wildman–Crippen MR) is 122 cm³/mol. The molecule has 0 heterocycles. The lowest BCUT2D eigenvalue weighted by Crippen LogP contribution is -2.34. The van der Waals surface area contributed by atoms with Crippen LogP contribution in [0.15, 0.2) is 66.7 Å². The maximum atomic E-state index is 13.2. The molecule has 0 bridgehead atoms. The number of hydrogen-bond acceptors (Lipinski definition) is 3. The molecule has 0 saturated carbocycles. The second kappa shape index (κ2) is 10.9. The first-order chi connectivity index (χ1) is 16.9. The summed E-state index contributed by atoms with van der Waals surface area (Å²) in [6, 6.07) is 13.7. The molecule has 0 radical (unpaired) electrons. The first kappa shape index (κ1) is 26.9. The van der Waals surface area contributed by atoms with Gasteiger partial charge in [0.2, 0.25) is 5.91 Å². The zero-order chi connectivity index (χ0) is 26.5. The van der Waals surface area contributed by atoms with E-state index in [0.717, 1.165) is 24.3 Å². The van der Waals surface area contributed by atoms with Crippen molar-refractivity contribution < 1.29 is 40.6 Å². The molecular weight excluding hydrogens is 488 g/mol. The van der Waals surface area contributed by atoms with Gasteiger partial charge in [-0.2, -0.15) is 26.3 Å². The minimum Gasteiger partial charge on any atom is -0.493 e. The van der Waals surface area contributed by atoms with E-state index in [0.29, 0.717) is 28.3 Å². The van der Waals surface area contributed by atoms with E-state index in [1.165, 1.54) is 43.4 Å². The maximum Gasteiger partial charge on any atom is 0.416 e. The van der Waals surface area contributed by atoms with Gasteiger partial charge in [-0.25, -0.2) is 0 Å². The van der Waals surface area contributed by atoms with Gasteiger partial charge in [0.05, 0.1) is 31.8 Å². The van der Waals surface area contributed by atoms with Crippen molar-refractivity contribution in [3.8, 4) is 11.5 Å². The van der Waals surface area contributed by atoms with Crippen molar-refractivity contribution in [1.29, 1.82) is 0 Å². The number of methoxy groups -OCH3 is 2. The molecule has 3 rings (SSSR count). The monoisotopic (exact) mass is 511 g/mol. The summed E-state index contributed by atoms with van der Waals surface area (Å²) >= 11 is 0. The Morgan fingerprint density at radius 2 is 1.22 bits per heavy atom. The summed E-state index contributed by atoms with van der Waals surface area (Å²) in [6.45, 7) is 0.111. The molecule has 0 unspecified atom stereocenters. The van der Waals surface area contributed by atoms with Crippen LogP contribution in [0.25, 0.3) is 0 Å². The summed E-state index contributed by atoms with van der Waals surface area (Å²) in [7, 11) is 2.88. The Labute approximate surface area is 204 Å². The SMILES string of the molecule is COc1ccc(N(CCc2ccc(C(F)(F)F)cc2)C(=O)Cc2ccc(C(F)(F)F)cc2)cc1OC. The van der Waals surface area contributed by atoms with E-state index < -0.39 is 29.4 Å². The molecule has 0 aromatic heterocycles. The largest absolute Gasteiger partial charge is 0.493 e. The van der Waals surface area contributed by atoms with Crippen molar-refractivity contribution in [3.05, 3.63) is 89.0 Å². The fourth-order valence-electron chi connectivity index (χ4n) is 3.57. The highest BCUT2D eigenvalue weighted by atomic mass is 19.4. The number of carbonyl (C=O) groups is 1. The number of halogens is 6. The maximum absolute atomic E-state index is 13.2. The van der Waals surface area contributed by atoms with E-state index in [2.05, 4.69) is 0 Å². The van der Waals surface area contributed by atoms with Crippen LogP contribution in [0, 0.1) is 0 Å². The fraction of sp³-hybridized carbons (Fsp3) is 0.269. The molecule has 3 aromatic carbocycles. The molecule has 0 fully saturated rings. The Hall–Kier alpha value is -3.69. The molecule has 0 aliphatic heterocycles. The van der Waals surface area contributed by atoms with Crippen LogP contribution >= 0.6 is 0 Å². The van der Waals surface area contributed by atoms with Crippen LogP contribution < -0.4 is 14.4 Å². The van der Waals surface area contributed by atoms with E-state index in [1.54, 1.807) is 18.2 Å². The number of nitrogens with zero attached hydrogens (tertiary/aromatic N) is 1. The average Bonchev–Trinajstić information content (AvgIpc) is 2.83. The normalized spacial score (nSPS) is 11.8. The van der Waals surface area contributed by atoms with E-state index in [1.807, 2.05) is 0 Å². The zero-order valence-electron chi connectivity index (χ0n) is 19.4. The number of anilines is 1. The van der Waals surface area contributed by atoms with E-state index in [9.17, 15) is 31.1 Å². The third-order valence-corrected chi connectivity index (χ3v) is 5.52. The molecule has 4 nitrogen and oxygen atoms in total. The average molecular weight is 511 g/mol. The lowest BCUT2D eigenvalue weighted by atomic mass is 10.1.